The molecule has 2 aromatic rings. The molecule has 0 amide bonds. The third-order valence-electron chi connectivity index (χ3n) is 3.61. The maximum atomic E-state index is 13.9. The molecule has 20 heavy (non-hydrogen) atoms. The smallest absolute Gasteiger partial charge is 0.128 e. The maximum absolute atomic E-state index is 13.9. The zero-order chi connectivity index (χ0) is 14.7. The van der Waals surface area contributed by atoms with Crippen LogP contribution in [0.2, 0.25) is 0 Å². The summed E-state index contributed by atoms with van der Waals surface area (Å²) in [5.74, 6) is -0.793. The molecule has 1 N–H and O–H groups in total. The molecule has 2 rings (SSSR count). The van der Waals surface area contributed by atoms with Crippen molar-refractivity contribution < 1.29 is 8.78 Å². The van der Waals surface area contributed by atoms with E-state index in [4.69, 9.17) is 0 Å². The minimum Gasteiger partial charge on any atom is -0.313 e. The molecule has 1 atom stereocenters. The van der Waals surface area contributed by atoms with Crippen molar-refractivity contribution >= 4 is 0 Å². The molecule has 1 unspecified atom stereocenters. The number of benzene rings is 2. The second-order valence-corrected chi connectivity index (χ2v) is 5.14. The van der Waals surface area contributed by atoms with Gasteiger partial charge in [-0.25, -0.2) is 8.78 Å². The van der Waals surface area contributed by atoms with Crippen LogP contribution < -0.4 is 5.32 Å². The fourth-order valence-electron chi connectivity index (χ4n) is 2.39. The van der Waals surface area contributed by atoms with Gasteiger partial charge in [0.1, 0.15) is 11.6 Å². The first-order chi connectivity index (χ1) is 9.51. The maximum Gasteiger partial charge on any atom is 0.128 e. The van der Waals surface area contributed by atoms with E-state index in [1.165, 1.54) is 17.7 Å². The van der Waals surface area contributed by atoms with Crippen molar-refractivity contribution in [2.75, 3.05) is 7.05 Å². The van der Waals surface area contributed by atoms with Crippen LogP contribution in [0.25, 0.3) is 0 Å². The molecule has 106 valence electrons. The summed E-state index contributed by atoms with van der Waals surface area (Å²) in [5.41, 5.74) is 3.84. The summed E-state index contributed by atoms with van der Waals surface area (Å²) in [4.78, 5) is 0. The Hall–Kier alpha value is -1.74. The predicted molar refractivity (Wildman–Crippen MR) is 77.8 cm³/mol. The lowest BCUT2D eigenvalue weighted by molar-refractivity contribution is 0.522. The van der Waals surface area contributed by atoms with Crippen LogP contribution in [0.4, 0.5) is 8.78 Å². The Balaban J connectivity index is 2.33. The van der Waals surface area contributed by atoms with Crippen molar-refractivity contribution in [3.63, 3.8) is 0 Å². The molecule has 0 fully saturated rings. The molecule has 0 aromatic heterocycles. The van der Waals surface area contributed by atoms with Crippen LogP contribution in [0, 0.1) is 25.5 Å². The van der Waals surface area contributed by atoms with Crippen molar-refractivity contribution in [1.82, 2.24) is 5.32 Å². The summed E-state index contributed by atoms with van der Waals surface area (Å²) in [6.07, 6.45) is 0.629. The van der Waals surface area contributed by atoms with Gasteiger partial charge in [0.15, 0.2) is 0 Å². The van der Waals surface area contributed by atoms with Crippen molar-refractivity contribution in [2.24, 2.45) is 0 Å². The number of nitrogens with one attached hydrogen (secondary N) is 1. The Labute approximate surface area is 118 Å². The average molecular weight is 275 g/mol. The van der Waals surface area contributed by atoms with Crippen molar-refractivity contribution in [1.29, 1.82) is 0 Å². The SMILES string of the molecule is CNC(Cc1cc(C)ccc1C)c1cc(F)ccc1F. The first-order valence-corrected chi connectivity index (χ1v) is 6.69. The summed E-state index contributed by atoms with van der Waals surface area (Å²) in [7, 11) is 1.76. The summed E-state index contributed by atoms with van der Waals surface area (Å²) in [6, 6.07) is 9.54. The molecule has 1 nitrogen and oxygen atoms in total. The molecular formula is C17H19F2N. The van der Waals surface area contributed by atoms with E-state index < -0.39 is 5.82 Å². The Kier molecular flexibility index (Phi) is 4.50. The number of likely N-dealkylation sites (N-methyl/N-ethyl adjacent to an activating group) is 1. The minimum absolute atomic E-state index is 0.244. The highest BCUT2D eigenvalue weighted by Crippen LogP contribution is 2.24. The van der Waals surface area contributed by atoms with E-state index in [1.807, 2.05) is 13.8 Å². The molecule has 0 aliphatic rings. The summed E-state index contributed by atoms with van der Waals surface area (Å²) < 4.78 is 27.2. The van der Waals surface area contributed by atoms with E-state index in [1.54, 1.807) is 7.05 Å². The summed E-state index contributed by atoms with van der Waals surface area (Å²) in [6.45, 7) is 4.06. The first-order valence-electron chi connectivity index (χ1n) is 6.69. The van der Waals surface area contributed by atoms with E-state index in [2.05, 4.69) is 23.5 Å². The molecule has 0 saturated carbocycles. The molecule has 0 spiro atoms. The number of halogens is 2. The van der Waals surface area contributed by atoms with Crippen LogP contribution in [0.1, 0.15) is 28.3 Å². The second-order valence-electron chi connectivity index (χ2n) is 5.14. The second kappa shape index (κ2) is 6.14. The quantitative estimate of drug-likeness (QED) is 0.886. The van der Waals surface area contributed by atoms with E-state index >= 15 is 0 Å². The number of rotatable bonds is 4. The largest absolute Gasteiger partial charge is 0.313 e. The molecular weight excluding hydrogens is 256 g/mol. The molecule has 0 bridgehead atoms. The average Bonchev–Trinajstić information content (AvgIpc) is 2.42. The summed E-state index contributed by atoms with van der Waals surface area (Å²) >= 11 is 0. The Morgan fingerprint density at radius 2 is 1.80 bits per heavy atom. The van der Waals surface area contributed by atoms with E-state index in [9.17, 15) is 8.78 Å². The predicted octanol–water partition coefficient (Wildman–Crippen LogP) is 4.08. The lowest BCUT2D eigenvalue weighted by atomic mass is 9.94. The van der Waals surface area contributed by atoms with E-state index in [0.29, 0.717) is 12.0 Å². The van der Waals surface area contributed by atoms with Gasteiger partial charge in [0.2, 0.25) is 0 Å². The van der Waals surface area contributed by atoms with Crippen LogP contribution >= 0.6 is 0 Å². The van der Waals surface area contributed by atoms with Gasteiger partial charge in [0, 0.05) is 11.6 Å². The van der Waals surface area contributed by atoms with Gasteiger partial charge >= 0.3 is 0 Å². The van der Waals surface area contributed by atoms with Crippen molar-refractivity contribution in [2.45, 2.75) is 26.3 Å². The van der Waals surface area contributed by atoms with Gasteiger partial charge < -0.3 is 5.32 Å². The topological polar surface area (TPSA) is 12.0 Å². The first kappa shape index (κ1) is 14.7. The van der Waals surface area contributed by atoms with E-state index in [0.717, 1.165) is 17.2 Å². The van der Waals surface area contributed by atoms with Gasteiger partial charge in [-0.15, -0.1) is 0 Å². The summed E-state index contributed by atoms with van der Waals surface area (Å²) in [5, 5.41) is 3.07. The van der Waals surface area contributed by atoms with Gasteiger partial charge in [0.05, 0.1) is 0 Å². The van der Waals surface area contributed by atoms with Crippen molar-refractivity contribution in [3.05, 3.63) is 70.3 Å². The molecule has 0 radical (unpaired) electrons. The normalized spacial score (nSPS) is 12.4. The third kappa shape index (κ3) is 3.23. The van der Waals surface area contributed by atoms with Crippen LogP contribution in [0.3, 0.4) is 0 Å². The van der Waals surface area contributed by atoms with Crippen LogP contribution in [0.5, 0.6) is 0 Å². The van der Waals surface area contributed by atoms with Crippen LogP contribution in [-0.2, 0) is 6.42 Å². The highest BCUT2D eigenvalue weighted by atomic mass is 19.1. The number of hydrogen-bond acceptors (Lipinski definition) is 1. The fraction of sp³-hybridized carbons (Fsp3) is 0.294. The van der Waals surface area contributed by atoms with Crippen LogP contribution in [-0.4, -0.2) is 7.05 Å². The standard InChI is InChI=1S/C17H19F2N/c1-11-4-5-12(2)13(8-11)9-17(20-3)15-10-14(18)6-7-16(15)19/h4-8,10,17,20H,9H2,1-3H3. The highest BCUT2D eigenvalue weighted by Gasteiger charge is 2.16. The highest BCUT2D eigenvalue weighted by molar-refractivity contribution is 5.33. The lowest BCUT2D eigenvalue weighted by Gasteiger charge is -2.19. The van der Waals surface area contributed by atoms with E-state index in [-0.39, 0.29) is 11.9 Å². The van der Waals surface area contributed by atoms with Gasteiger partial charge in [-0.1, -0.05) is 23.8 Å². The zero-order valence-electron chi connectivity index (χ0n) is 12.0. The number of hydrogen-bond donors (Lipinski definition) is 1. The van der Waals surface area contributed by atoms with Gasteiger partial charge in [-0.05, 0) is 56.6 Å². The van der Waals surface area contributed by atoms with Crippen molar-refractivity contribution in [3.8, 4) is 0 Å². The number of aryl methyl sites for hydroxylation is 2. The van der Waals surface area contributed by atoms with Gasteiger partial charge in [-0.2, -0.15) is 0 Å². The minimum atomic E-state index is -0.414. The van der Waals surface area contributed by atoms with Gasteiger partial charge in [0.25, 0.3) is 0 Å². The monoisotopic (exact) mass is 275 g/mol. The third-order valence-corrected chi connectivity index (χ3v) is 3.61. The molecule has 0 aliphatic heterocycles. The molecule has 2 aromatic carbocycles. The zero-order valence-corrected chi connectivity index (χ0v) is 12.0. The Bertz CT molecular complexity index is 608. The molecule has 0 heterocycles. The molecule has 0 saturated heterocycles. The molecule has 0 aliphatic carbocycles. The fourth-order valence-corrected chi connectivity index (χ4v) is 2.39. The molecule has 3 heteroatoms. The van der Waals surface area contributed by atoms with Gasteiger partial charge in [-0.3, -0.25) is 0 Å². The van der Waals surface area contributed by atoms with Crippen LogP contribution in [0.15, 0.2) is 36.4 Å². The Morgan fingerprint density at radius 3 is 2.50 bits per heavy atom. The Morgan fingerprint density at radius 1 is 1.05 bits per heavy atom. The lowest BCUT2D eigenvalue weighted by Crippen LogP contribution is -2.20.